The number of rotatable bonds is 7. The Kier molecular flexibility index (Phi) is 7.31. The lowest BCUT2D eigenvalue weighted by Crippen LogP contribution is -2.34. The maximum atomic E-state index is 12.2. The molecule has 0 spiro atoms. The minimum absolute atomic E-state index is 0.176. The maximum Gasteiger partial charge on any atom is 0.251 e. The molecule has 0 atom stereocenters. The number of nitrogens with one attached hydrogen (secondary N) is 3. The van der Waals surface area contributed by atoms with Crippen LogP contribution in [0.25, 0.3) is 0 Å². The van der Waals surface area contributed by atoms with E-state index in [9.17, 15) is 14.4 Å². The first-order valence-electron chi connectivity index (χ1n) is 8.45. The number of carbonyl (C=O) groups excluding carboxylic acids is 3. The Morgan fingerprint density at radius 2 is 1.56 bits per heavy atom. The fourth-order valence-corrected chi connectivity index (χ4v) is 2.19. The van der Waals surface area contributed by atoms with Crippen molar-refractivity contribution in [2.75, 3.05) is 18.4 Å². The van der Waals surface area contributed by atoms with Gasteiger partial charge in [-0.25, -0.2) is 4.98 Å². The molecule has 0 saturated carbocycles. The third-order valence-electron chi connectivity index (χ3n) is 3.60. The summed E-state index contributed by atoms with van der Waals surface area (Å²) in [5, 5.41) is 8.61. The van der Waals surface area contributed by atoms with Gasteiger partial charge in [0.15, 0.2) is 0 Å². The third-order valence-corrected chi connectivity index (χ3v) is 3.85. The molecule has 1 heterocycles. The van der Waals surface area contributed by atoms with Gasteiger partial charge in [-0.1, -0.05) is 25.4 Å². The molecule has 2 rings (SSSR count). The van der Waals surface area contributed by atoms with Crippen LogP contribution in [0.1, 0.15) is 34.6 Å². The number of benzene rings is 1. The molecule has 3 amide bonds. The Morgan fingerprint density at radius 1 is 0.963 bits per heavy atom. The van der Waals surface area contributed by atoms with Gasteiger partial charge >= 0.3 is 0 Å². The number of hydrogen-bond acceptors (Lipinski definition) is 4. The molecule has 0 unspecified atom stereocenters. The van der Waals surface area contributed by atoms with Crippen LogP contribution in [0.2, 0.25) is 5.02 Å². The molecule has 2 aromatic rings. The van der Waals surface area contributed by atoms with Crippen LogP contribution in [0.4, 0.5) is 5.82 Å². The average Bonchev–Trinajstić information content (AvgIpc) is 2.65. The van der Waals surface area contributed by atoms with Crippen LogP contribution in [0.15, 0.2) is 42.6 Å². The Balaban J connectivity index is 1.81. The number of amides is 3. The first kappa shape index (κ1) is 20.4. The zero-order valence-corrected chi connectivity index (χ0v) is 15.8. The van der Waals surface area contributed by atoms with Crippen molar-refractivity contribution in [3.63, 3.8) is 0 Å². The highest BCUT2D eigenvalue weighted by molar-refractivity contribution is 6.30. The number of anilines is 1. The largest absolute Gasteiger partial charge is 0.350 e. The first-order valence-corrected chi connectivity index (χ1v) is 8.83. The average molecular weight is 389 g/mol. The van der Waals surface area contributed by atoms with E-state index < -0.39 is 0 Å². The van der Waals surface area contributed by atoms with Crippen LogP contribution >= 0.6 is 11.6 Å². The van der Waals surface area contributed by atoms with E-state index in [0.717, 1.165) is 0 Å². The molecule has 8 heteroatoms. The van der Waals surface area contributed by atoms with E-state index in [-0.39, 0.29) is 36.7 Å². The molecule has 142 valence electrons. The van der Waals surface area contributed by atoms with Crippen LogP contribution in [0.3, 0.4) is 0 Å². The van der Waals surface area contributed by atoms with Gasteiger partial charge in [0.1, 0.15) is 5.82 Å². The highest BCUT2D eigenvalue weighted by Gasteiger charge is 2.11. The van der Waals surface area contributed by atoms with Crippen molar-refractivity contribution < 1.29 is 14.4 Å². The predicted molar refractivity (Wildman–Crippen MR) is 104 cm³/mol. The fourth-order valence-electron chi connectivity index (χ4n) is 2.07. The van der Waals surface area contributed by atoms with E-state index in [4.69, 9.17) is 11.6 Å². The monoisotopic (exact) mass is 388 g/mol. The minimum atomic E-state index is -0.321. The van der Waals surface area contributed by atoms with Crippen LogP contribution in [-0.2, 0) is 4.79 Å². The van der Waals surface area contributed by atoms with Gasteiger partial charge in [0.2, 0.25) is 5.91 Å². The van der Waals surface area contributed by atoms with Crippen molar-refractivity contribution in [1.82, 2.24) is 15.6 Å². The van der Waals surface area contributed by atoms with Crippen LogP contribution in [0.5, 0.6) is 0 Å². The van der Waals surface area contributed by atoms with E-state index in [0.29, 0.717) is 22.0 Å². The zero-order valence-electron chi connectivity index (χ0n) is 15.1. The first-order chi connectivity index (χ1) is 12.9. The second kappa shape index (κ2) is 9.68. The number of nitrogens with zero attached hydrogens (tertiary/aromatic N) is 1. The van der Waals surface area contributed by atoms with Crippen molar-refractivity contribution in [2.24, 2.45) is 5.92 Å². The highest BCUT2D eigenvalue weighted by Crippen LogP contribution is 2.10. The van der Waals surface area contributed by atoms with E-state index in [2.05, 4.69) is 20.9 Å². The van der Waals surface area contributed by atoms with Crippen LogP contribution in [0, 0.1) is 5.92 Å². The summed E-state index contributed by atoms with van der Waals surface area (Å²) >= 11 is 5.78. The Morgan fingerprint density at radius 3 is 2.15 bits per heavy atom. The molecular formula is C19H21ClN4O3. The molecule has 0 aliphatic heterocycles. The summed E-state index contributed by atoms with van der Waals surface area (Å²) in [5.74, 6) is -0.613. The summed E-state index contributed by atoms with van der Waals surface area (Å²) in [6.45, 7) is 4.07. The fraction of sp³-hybridized carbons (Fsp3) is 0.263. The summed E-state index contributed by atoms with van der Waals surface area (Å²) in [6, 6.07) is 9.57. The molecule has 7 nitrogen and oxygen atoms in total. The predicted octanol–water partition coefficient (Wildman–Crippen LogP) is 2.49. The second-order valence-corrected chi connectivity index (χ2v) is 6.53. The smallest absolute Gasteiger partial charge is 0.251 e. The lowest BCUT2D eigenvalue weighted by Gasteiger charge is -2.09. The van der Waals surface area contributed by atoms with Gasteiger partial charge < -0.3 is 16.0 Å². The molecule has 0 aliphatic rings. The zero-order chi connectivity index (χ0) is 19.8. The molecule has 27 heavy (non-hydrogen) atoms. The number of hydrogen-bond donors (Lipinski definition) is 3. The minimum Gasteiger partial charge on any atom is -0.350 e. The lowest BCUT2D eigenvalue weighted by atomic mass is 10.2. The van der Waals surface area contributed by atoms with Crippen molar-refractivity contribution >= 4 is 35.1 Å². The van der Waals surface area contributed by atoms with Gasteiger partial charge in [-0.3, -0.25) is 14.4 Å². The molecule has 1 aromatic heterocycles. The van der Waals surface area contributed by atoms with Crippen molar-refractivity contribution in [2.45, 2.75) is 13.8 Å². The quantitative estimate of drug-likeness (QED) is 0.634. The van der Waals surface area contributed by atoms with Crippen molar-refractivity contribution in [3.05, 3.63) is 58.7 Å². The molecule has 1 aromatic carbocycles. The number of aromatic nitrogens is 1. The van der Waals surface area contributed by atoms with E-state index in [1.54, 1.807) is 44.2 Å². The van der Waals surface area contributed by atoms with E-state index >= 15 is 0 Å². The molecule has 3 N–H and O–H groups in total. The van der Waals surface area contributed by atoms with E-state index in [1.165, 1.54) is 12.3 Å². The summed E-state index contributed by atoms with van der Waals surface area (Å²) in [6.07, 6.45) is 1.45. The van der Waals surface area contributed by atoms with Crippen LogP contribution < -0.4 is 16.0 Å². The number of carbonyl (C=O) groups is 3. The van der Waals surface area contributed by atoms with Gasteiger partial charge in [-0.2, -0.15) is 0 Å². The molecule has 0 bridgehead atoms. The van der Waals surface area contributed by atoms with Crippen LogP contribution in [-0.4, -0.2) is 35.8 Å². The molecule has 0 fully saturated rings. The molecule has 0 radical (unpaired) electrons. The second-order valence-electron chi connectivity index (χ2n) is 6.09. The van der Waals surface area contributed by atoms with Gasteiger partial charge in [0, 0.05) is 41.4 Å². The number of pyridine rings is 1. The highest BCUT2D eigenvalue weighted by atomic mass is 35.5. The molecule has 0 aliphatic carbocycles. The molecular weight excluding hydrogens is 368 g/mol. The lowest BCUT2D eigenvalue weighted by molar-refractivity contribution is -0.118. The van der Waals surface area contributed by atoms with Gasteiger partial charge in [0.05, 0.1) is 0 Å². The Hall–Kier alpha value is -2.93. The summed E-state index contributed by atoms with van der Waals surface area (Å²) in [7, 11) is 0. The standard InChI is InChI=1S/C19H21ClN4O3/c1-12(2)17(25)24-16-11-14(7-8-21-16)19(27)23-10-9-22-18(26)13-3-5-15(20)6-4-13/h3-8,11-12H,9-10H2,1-2H3,(H,22,26)(H,23,27)(H,21,24,25). The Bertz CT molecular complexity index is 822. The van der Waals surface area contributed by atoms with E-state index in [1.807, 2.05) is 0 Å². The van der Waals surface area contributed by atoms with Crippen molar-refractivity contribution in [1.29, 1.82) is 0 Å². The Labute approximate surface area is 162 Å². The van der Waals surface area contributed by atoms with Gasteiger partial charge in [0.25, 0.3) is 11.8 Å². The molecule has 0 saturated heterocycles. The van der Waals surface area contributed by atoms with Gasteiger partial charge in [-0.15, -0.1) is 0 Å². The summed E-state index contributed by atoms with van der Waals surface area (Å²) in [4.78, 5) is 39.9. The third kappa shape index (κ3) is 6.38. The maximum absolute atomic E-state index is 12.2. The number of halogens is 1. The topological polar surface area (TPSA) is 100 Å². The van der Waals surface area contributed by atoms with Crippen molar-refractivity contribution in [3.8, 4) is 0 Å². The summed E-state index contributed by atoms with van der Waals surface area (Å²) in [5.41, 5.74) is 0.860. The normalized spacial score (nSPS) is 10.4. The summed E-state index contributed by atoms with van der Waals surface area (Å²) < 4.78 is 0. The SMILES string of the molecule is CC(C)C(=O)Nc1cc(C(=O)NCCNC(=O)c2ccc(Cl)cc2)ccn1. The van der Waals surface area contributed by atoms with Gasteiger partial charge in [-0.05, 0) is 36.4 Å².